The van der Waals surface area contributed by atoms with Crippen molar-refractivity contribution >= 4 is 23.2 Å². The minimum absolute atomic E-state index is 0.0606. The number of carbonyl (C=O) groups is 2. The van der Waals surface area contributed by atoms with E-state index in [1.54, 1.807) is 0 Å². The Bertz CT molecular complexity index is 808. The third kappa shape index (κ3) is 3.98. The lowest BCUT2D eigenvalue weighted by Gasteiger charge is -2.43. The van der Waals surface area contributed by atoms with Crippen molar-refractivity contribution < 1.29 is 9.59 Å². The zero-order chi connectivity index (χ0) is 19.5. The Labute approximate surface area is 170 Å². The molecule has 6 heteroatoms. The fourth-order valence-electron chi connectivity index (χ4n) is 4.30. The largest absolute Gasteiger partial charge is 0.337 e. The highest BCUT2D eigenvalue weighted by molar-refractivity contribution is 7.12. The monoisotopic (exact) mass is 397 g/mol. The summed E-state index contributed by atoms with van der Waals surface area (Å²) in [5.74, 6) is 0.156. The van der Waals surface area contributed by atoms with Crippen LogP contribution < -0.4 is 0 Å². The smallest absolute Gasteiger partial charge is 0.263 e. The molecule has 4 rings (SSSR count). The van der Waals surface area contributed by atoms with Gasteiger partial charge in [-0.1, -0.05) is 36.4 Å². The quantitative estimate of drug-likeness (QED) is 0.799. The molecule has 0 radical (unpaired) electrons. The fourth-order valence-corrected chi connectivity index (χ4v) is 4.99. The molecular formula is C22H27N3O2S. The summed E-state index contributed by atoms with van der Waals surface area (Å²) < 4.78 is 0. The van der Waals surface area contributed by atoms with Crippen LogP contribution in [0.2, 0.25) is 0 Å². The Balaban J connectivity index is 1.49. The van der Waals surface area contributed by atoms with Crippen LogP contribution in [0.3, 0.4) is 0 Å². The molecule has 0 unspecified atom stereocenters. The first-order valence-electron chi connectivity index (χ1n) is 10.00. The lowest BCUT2D eigenvalue weighted by molar-refractivity contribution is -0.142. The topological polar surface area (TPSA) is 43.9 Å². The molecule has 1 aromatic carbocycles. The number of nitrogens with zero attached hydrogens (tertiary/aromatic N) is 3. The zero-order valence-corrected chi connectivity index (χ0v) is 17.1. The lowest BCUT2D eigenvalue weighted by atomic mass is 9.93. The molecule has 0 saturated carbocycles. The third-order valence-corrected chi connectivity index (χ3v) is 6.70. The second-order valence-corrected chi connectivity index (χ2v) is 8.74. The van der Waals surface area contributed by atoms with Crippen LogP contribution in [0.1, 0.15) is 34.1 Å². The van der Waals surface area contributed by atoms with Crippen LogP contribution in [0.5, 0.6) is 0 Å². The van der Waals surface area contributed by atoms with E-state index in [-0.39, 0.29) is 23.8 Å². The van der Waals surface area contributed by atoms with Crippen molar-refractivity contribution in [3.63, 3.8) is 0 Å². The molecule has 2 aromatic rings. The first kappa shape index (κ1) is 19.2. The molecule has 2 saturated heterocycles. The predicted molar refractivity (Wildman–Crippen MR) is 111 cm³/mol. The van der Waals surface area contributed by atoms with E-state index in [2.05, 4.69) is 29.0 Å². The molecular weight excluding hydrogens is 370 g/mol. The first-order valence-corrected chi connectivity index (χ1v) is 10.9. The van der Waals surface area contributed by atoms with E-state index in [4.69, 9.17) is 0 Å². The van der Waals surface area contributed by atoms with Crippen LogP contribution in [0, 0.1) is 5.92 Å². The van der Waals surface area contributed by atoms with E-state index in [0.29, 0.717) is 6.54 Å². The van der Waals surface area contributed by atoms with E-state index < -0.39 is 0 Å². The molecule has 2 fully saturated rings. The van der Waals surface area contributed by atoms with Crippen molar-refractivity contribution in [1.82, 2.24) is 14.7 Å². The van der Waals surface area contributed by atoms with Crippen LogP contribution in [-0.2, 0) is 4.79 Å². The van der Waals surface area contributed by atoms with Crippen LogP contribution in [-0.4, -0.2) is 66.3 Å². The summed E-state index contributed by atoms with van der Waals surface area (Å²) in [6.45, 7) is 3.75. The van der Waals surface area contributed by atoms with Gasteiger partial charge in [-0.05, 0) is 36.9 Å². The summed E-state index contributed by atoms with van der Waals surface area (Å²) in [5.41, 5.74) is 1.18. The third-order valence-electron chi connectivity index (χ3n) is 5.84. The number of rotatable bonds is 3. The molecule has 1 aromatic heterocycles. The number of benzene rings is 1. The van der Waals surface area contributed by atoms with E-state index in [1.165, 1.54) is 16.9 Å². The zero-order valence-electron chi connectivity index (χ0n) is 16.3. The second-order valence-electron chi connectivity index (χ2n) is 7.79. The number of likely N-dealkylation sites (N-methyl/N-ethyl adjacent to an activating group) is 1. The number of carbonyl (C=O) groups excluding carboxylic acids is 2. The molecule has 5 nitrogen and oxygen atoms in total. The van der Waals surface area contributed by atoms with E-state index in [0.717, 1.165) is 43.9 Å². The van der Waals surface area contributed by atoms with Gasteiger partial charge >= 0.3 is 0 Å². The molecule has 2 atom stereocenters. The standard InChI is InChI=1S/C22H27N3O2S/c1-23-12-13-25(19(16-23)17-7-3-2-4-8-17)21(26)18-9-5-11-24(15-18)22(27)20-10-6-14-28-20/h2-4,6-8,10,14,18-19H,5,9,11-13,15-16H2,1H3/t18-,19+/m0/s1. The maximum atomic E-state index is 13.5. The van der Waals surface area contributed by atoms with E-state index >= 15 is 0 Å². The van der Waals surface area contributed by atoms with Gasteiger partial charge in [0.2, 0.25) is 5.91 Å². The second kappa shape index (κ2) is 8.45. The van der Waals surface area contributed by atoms with Crippen LogP contribution in [0.25, 0.3) is 0 Å². The predicted octanol–water partition coefficient (Wildman–Crippen LogP) is 3.12. The van der Waals surface area contributed by atoms with Gasteiger partial charge in [-0.2, -0.15) is 0 Å². The van der Waals surface area contributed by atoms with Gasteiger partial charge < -0.3 is 14.7 Å². The Morgan fingerprint density at radius 1 is 1.00 bits per heavy atom. The molecule has 2 amide bonds. The number of piperazine rings is 1. The van der Waals surface area contributed by atoms with Crippen molar-refractivity contribution in [1.29, 1.82) is 0 Å². The van der Waals surface area contributed by atoms with Gasteiger partial charge in [-0.25, -0.2) is 0 Å². The molecule has 0 bridgehead atoms. The van der Waals surface area contributed by atoms with Crippen molar-refractivity contribution in [2.75, 3.05) is 39.8 Å². The molecule has 0 N–H and O–H groups in total. The normalized spacial score (nSPS) is 23.6. The molecule has 28 heavy (non-hydrogen) atoms. The molecule has 148 valence electrons. The Kier molecular flexibility index (Phi) is 5.78. The lowest BCUT2D eigenvalue weighted by Crippen LogP contribution is -2.53. The highest BCUT2D eigenvalue weighted by atomic mass is 32.1. The molecule has 3 heterocycles. The van der Waals surface area contributed by atoms with Gasteiger partial charge in [0.25, 0.3) is 5.91 Å². The van der Waals surface area contributed by atoms with E-state index in [9.17, 15) is 9.59 Å². The van der Waals surface area contributed by atoms with Crippen molar-refractivity contribution in [3.05, 3.63) is 58.3 Å². The summed E-state index contributed by atoms with van der Waals surface area (Å²) in [6, 6.07) is 14.1. The fraction of sp³-hybridized carbons (Fsp3) is 0.455. The number of likely N-dealkylation sites (tertiary alicyclic amines) is 1. The molecule has 0 spiro atoms. The summed E-state index contributed by atoms with van der Waals surface area (Å²) in [6.07, 6.45) is 1.75. The average molecular weight is 398 g/mol. The number of hydrogen-bond acceptors (Lipinski definition) is 4. The first-order chi connectivity index (χ1) is 13.6. The average Bonchev–Trinajstić information content (AvgIpc) is 3.28. The van der Waals surface area contributed by atoms with Crippen molar-refractivity contribution in [2.24, 2.45) is 5.92 Å². The number of piperidine rings is 1. The SMILES string of the molecule is CN1CCN(C(=O)[C@H]2CCCN(C(=O)c3cccs3)C2)[C@@H](c2ccccc2)C1. The maximum absolute atomic E-state index is 13.5. The van der Waals surface area contributed by atoms with Crippen LogP contribution in [0.15, 0.2) is 47.8 Å². The van der Waals surface area contributed by atoms with Crippen LogP contribution in [0.4, 0.5) is 0 Å². The van der Waals surface area contributed by atoms with Gasteiger partial charge in [0.1, 0.15) is 0 Å². The molecule has 0 aliphatic carbocycles. The highest BCUT2D eigenvalue weighted by Crippen LogP contribution is 2.29. The summed E-state index contributed by atoms with van der Waals surface area (Å²) >= 11 is 1.47. The number of thiophene rings is 1. The summed E-state index contributed by atoms with van der Waals surface area (Å²) in [7, 11) is 2.11. The van der Waals surface area contributed by atoms with Gasteiger partial charge in [-0.3, -0.25) is 9.59 Å². The Morgan fingerprint density at radius 3 is 2.57 bits per heavy atom. The molecule has 2 aliphatic heterocycles. The number of hydrogen-bond donors (Lipinski definition) is 0. The minimum Gasteiger partial charge on any atom is -0.337 e. The van der Waals surface area contributed by atoms with Gasteiger partial charge in [0.05, 0.1) is 16.8 Å². The summed E-state index contributed by atoms with van der Waals surface area (Å²) in [4.78, 5) is 33.2. The van der Waals surface area contributed by atoms with Crippen molar-refractivity contribution in [3.8, 4) is 0 Å². The highest BCUT2D eigenvalue weighted by Gasteiger charge is 2.36. The van der Waals surface area contributed by atoms with Gasteiger partial charge in [0.15, 0.2) is 0 Å². The maximum Gasteiger partial charge on any atom is 0.263 e. The molecule has 2 aliphatic rings. The summed E-state index contributed by atoms with van der Waals surface area (Å²) in [5, 5.41) is 1.93. The minimum atomic E-state index is -0.104. The van der Waals surface area contributed by atoms with Gasteiger partial charge in [0, 0.05) is 32.7 Å². The van der Waals surface area contributed by atoms with E-state index in [1.807, 2.05) is 40.6 Å². The van der Waals surface area contributed by atoms with Crippen molar-refractivity contribution in [2.45, 2.75) is 18.9 Å². The van der Waals surface area contributed by atoms with Crippen LogP contribution >= 0.6 is 11.3 Å². The Morgan fingerprint density at radius 2 is 1.82 bits per heavy atom. The Hall–Kier alpha value is -2.18. The van der Waals surface area contributed by atoms with Gasteiger partial charge in [-0.15, -0.1) is 11.3 Å². The number of amides is 2.